The lowest BCUT2D eigenvalue weighted by Gasteiger charge is -2.43. The number of hydrogen-bond acceptors (Lipinski definition) is 5. The van der Waals surface area contributed by atoms with E-state index in [0.717, 1.165) is 71.5 Å². The number of hydrogen-bond donors (Lipinski definition) is 0. The zero-order valence-corrected chi connectivity index (χ0v) is 30.7. The predicted molar refractivity (Wildman–Crippen MR) is 203 cm³/mol. The third-order valence-corrected chi connectivity index (χ3v) is 14.4. The molecule has 0 radical (unpaired) electrons. The highest BCUT2D eigenvalue weighted by Gasteiger charge is 2.50. The highest BCUT2D eigenvalue weighted by Crippen LogP contribution is 2.43. The molecule has 5 rings (SSSR count). The first-order valence-electron chi connectivity index (χ1n) is 17.2. The van der Waals surface area contributed by atoms with Crippen molar-refractivity contribution in [1.82, 2.24) is 0 Å². The quantitative estimate of drug-likeness (QED) is 0.0619. The second-order valence-electron chi connectivity index (χ2n) is 14.4. The molecule has 0 bridgehead atoms. The van der Waals surface area contributed by atoms with Crippen molar-refractivity contribution in [2.24, 2.45) is 5.41 Å². The van der Waals surface area contributed by atoms with Crippen LogP contribution in [0.3, 0.4) is 0 Å². The van der Waals surface area contributed by atoms with Gasteiger partial charge in [-0.15, -0.1) is 0 Å². The van der Waals surface area contributed by atoms with Gasteiger partial charge in [-0.1, -0.05) is 101 Å². The van der Waals surface area contributed by atoms with Crippen LogP contribution in [0.4, 0.5) is 5.69 Å². The van der Waals surface area contributed by atoms with Crippen molar-refractivity contribution in [2.45, 2.75) is 66.3 Å². The van der Waals surface area contributed by atoms with Gasteiger partial charge in [-0.2, -0.15) is 0 Å². The van der Waals surface area contributed by atoms with E-state index >= 15 is 0 Å². The number of rotatable bonds is 13. The van der Waals surface area contributed by atoms with Crippen molar-refractivity contribution in [2.75, 3.05) is 31.2 Å². The van der Waals surface area contributed by atoms with Crippen molar-refractivity contribution in [3.05, 3.63) is 120 Å². The minimum Gasteiger partial charge on any atom is -0.491 e. The molecular formula is C42H51NO4Si. The Morgan fingerprint density at radius 2 is 1.50 bits per heavy atom. The maximum atomic E-state index is 11.8. The smallest absolute Gasteiger partial charge is 0.261 e. The van der Waals surface area contributed by atoms with E-state index < -0.39 is 8.32 Å². The molecular weight excluding hydrogens is 611 g/mol. The number of allylic oxidation sites excluding steroid dienone is 4. The van der Waals surface area contributed by atoms with Gasteiger partial charge < -0.3 is 18.5 Å². The minimum absolute atomic E-state index is 0.0284. The third-order valence-electron chi connectivity index (χ3n) is 9.36. The topological polar surface area (TPSA) is 51.9 Å². The minimum atomic E-state index is -2.70. The fourth-order valence-corrected chi connectivity index (χ4v) is 11.7. The third kappa shape index (κ3) is 7.61. The first-order chi connectivity index (χ1) is 23.0. The maximum Gasteiger partial charge on any atom is 0.261 e. The van der Waals surface area contributed by atoms with Crippen LogP contribution in [0.2, 0.25) is 5.04 Å². The molecule has 0 saturated heterocycles. The fraction of sp³-hybridized carbons (Fsp3) is 0.357. The number of carbonyl (C=O) groups is 1. The van der Waals surface area contributed by atoms with Gasteiger partial charge in [0.15, 0.2) is 0 Å². The number of nitrogens with zero attached hydrogens (tertiary/aromatic N) is 1. The first-order valence-corrected chi connectivity index (χ1v) is 19.1. The Kier molecular flexibility index (Phi) is 11.0. The van der Waals surface area contributed by atoms with Crippen molar-refractivity contribution in [3.8, 4) is 0 Å². The normalized spacial score (nSPS) is 16.2. The molecule has 4 aromatic rings. The number of carbonyl (C=O) groups excluding carboxylic acids is 1. The maximum absolute atomic E-state index is 11.8. The van der Waals surface area contributed by atoms with Crippen molar-refractivity contribution in [1.29, 1.82) is 0 Å². The highest BCUT2D eigenvalue weighted by atomic mass is 28.4. The number of furan rings is 1. The lowest BCUT2D eigenvalue weighted by atomic mass is 9.74. The van der Waals surface area contributed by atoms with Crippen LogP contribution in [0, 0.1) is 5.41 Å². The Labute approximate surface area is 288 Å². The van der Waals surface area contributed by atoms with Crippen molar-refractivity contribution < 1.29 is 18.4 Å². The SMILES string of the molecule is CCN(CC)c1ccc2cc(C=CC3=C(OCCO[Si](c4ccccc4)(c4ccccc4)C(C)(C)C)C(=CC=O)CC(C)(C)C3)oc2c1. The summed E-state index contributed by atoms with van der Waals surface area (Å²) >= 11 is 0. The van der Waals surface area contributed by atoms with E-state index in [1.807, 2.05) is 6.08 Å². The van der Waals surface area contributed by atoms with Crippen molar-refractivity contribution >= 4 is 47.7 Å². The van der Waals surface area contributed by atoms with Crippen LogP contribution in [0.1, 0.15) is 67.1 Å². The summed E-state index contributed by atoms with van der Waals surface area (Å²) in [5.41, 5.74) is 3.97. The van der Waals surface area contributed by atoms with E-state index in [1.165, 1.54) is 10.4 Å². The van der Waals surface area contributed by atoms with Crippen LogP contribution in [-0.2, 0) is 14.0 Å². The highest BCUT2D eigenvalue weighted by molar-refractivity contribution is 6.99. The Hall–Kier alpha value is -4.13. The molecule has 0 fully saturated rings. The molecule has 0 amide bonds. The number of fused-ring (bicyclic) bond motifs is 1. The summed E-state index contributed by atoms with van der Waals surface area (Å²) in [7, 11) is -2.70. The van der Waals surface area contributed by atoms with Crippen LogP contribution in [0.5, 0.6) is 0 Å². The summed E-state index contributed by atoms with van der Waals surface area (Å²) in [5, 5.41) is 3.42. The lowest BCUT2D eigenvalue weighted by molar-refractivity contribution is -0.104. The average Bonchev–Trinajstić information content (AvgIpc) is 3.48. The predicted octanol–water partition coefficient (Wildman–Crippen LogP) is 9.08. The molecule has 5 nitrogen and oxygen atoms in total. The molecule has 0 aliphatic heterocycles. The van der Waals surface area contributed by atoms with E-state index in [0.29, 0.717) is 13.2 Å². The van der Waals surface area contributed by atoms with Gasteiger partial charge in [0.1, 0.15) is 30.0 Å². The Balaban J connectivity index is 1.44. The molecule has 1 aromatic heterocycles. The molecule has 0 atom stereocenters. The standard InChI is InChI=1S/C42H51NO4Si/c1-8-43(9-2)35-22-20-32-28-36(47-39(32)29-35)23-21-33-30-42(6,7)31-34(24-25-44)40(33)45-26-27-46-48(41(3,4)5,37-16-12-10-13-17-37)38-18-14-11-15-19-38/h10-25,28-29H,8-9,26-27,30-31H2,1-7H3. The molecule has 1 heterocycles. The zero-order valence-electron chi connectivity index (χ0n) is 29.7. The Bertz CT molecular complexity index is 1730. The van der Waals surface area contributed by atoms with E-state index in [-0.39, 0.29) is 10.5 Å². The number of anilines is 1. The van der Waals surface area contributed by atoms with Gasteiger partial charge in [0, 0.05) is 30.2 Å². The van der Waals surface area contributed by atoms with Crippen molar-refractivity contribution in [3.63, 3.8) is 0 Å². The molecule has 48 heavy (non-hydrogen) atoms. The Morgan fingerprint density at radius 1 is 0.854 bits per heavy atom. The van der Waals surface area contributed by atoms with Gasteiger partial charge in [-0.3, -0.25) is 4.79 Å². The van der Waals surface area contributed by atoms with Crippen LogP contribution in [-0.4, -0.2) is 40.9 Å². The van der Waals surface area contributed by atoms with E-state index in [4.69, 9.17) is 13.6 Å². The van der Waals surface area contributed by atoms with Crippen LogP contribution < -0.4 is 15.3 Å². The molecule has 1 aliphatic rings. The van der Waals surface area contributed by atoms with Gasteiger partial charge in [-0.05, 0) is 89.0 Å². The van der Waals surface area contributed by atoms with Gasteiger partial charge in [-0.25, -0.2) is 0 Å². The fourth-order valence-electron chi connectivity index (χ4n) is 7.19. The lowest BCUT2D eigenvalue weighted by Crippen LogP contribution is -2.66. The molecule has 0 unspecified atom stereocenters. The summed E-state index contributed by atoms with van der Waals surface area (Å²) in [6, 6.07) is 29.8. The monoisotopic (exact) mass is 661 g/mol. The van der Waals surface area contributed by atoms with Crippen LogP contribution in [0.25, 0.3) is 17.0 Å². The van der Waals surface area contributed by atoms with Crippen LogP contribution >= 0.6 is 0 Å². The molecule has 0 N–H and O–H groups in total. The van der Waals surface area contributed by atoms with Gasteiger partial charge in [0.2, 0.25) is 0 Å². The summed E-state index contributed by atoms with van der Waals surface area (Å²) in [5.74, 6) is 1.55. The zero-order chi connectivity index (χ0) is 34.4. The Morgan fingerprint density at radius 3 is 2.08 bits per heavy atom. The molecule has 0 spiro atoms. The second-order valence-corrected chi connectivity index (χ2v) is 18.7. The average molecular weight is 662 g/mol. The van der Waals surface area contributed by atoms with Gasteiger partial charge >= 0.3 is 0 Å². The van der Waals surface area contributed by atoms with Gasteiger partial charge in [0.25, 0.3) is 8.32 Å². The van der Waals surface area contributed by atoms with E-state index in [1.54, 1.807) is 6.08 Å². The number of benzene rings is 3. The molecule has 3 aromatic carbocycles. The molecule has 6 heteroatoms. The van der Waals surface area contributed by atoms with E-state index in [9.17, 15) is 4.79 Å². The van der Waals surface area contributed by atoms with Gasteiger partial charge in [0.05, 0.1) is 6.61 Å². The summed E-state index contributed by atoms with van der Waals surface area (Å²) < 4.78 is 20.0. The molecule has 1 aliphatic carbocycles. The number of ether oxygens (including phenoxy) is 1. The number of aldehydes is 1. The summed E-state index contributed by atoms with van der Waals surface area (Å²) in [6.07, 6.45) is 8.22. The van der Waals surface area contributed by atoms with E-state index in [2.05, 4.69) is 144 Å². The summed E-state index contributed by atoms with van der Waals surface area (Å²) in [6.45, 7) is 18.3. The summed E-state index contributed by atoms with van der Waals surface area (Å²) in [4.78, 5) is 14.1. The van der Waals surface area contributed by atoms with Crippen LogP contribution in [0.15, 0.2) is 118 Å². The first kappa shape index (κ1) is 35.2. The largest absolute Gasteiger partial charge is 0.491 e. The second kappa shape index (κ2) is 15.0. The molecule has 252 valence electrons. The molecule has 0 saturated carbocycles.